The number of carbonyl (C=O) groups is 2. The van der Waals surface area contributed by atoms with Crippen LogP contribution in [0, 0.1) is 5.92 Å². The Kier molecular flexibility index (Phi) is 8.49. The molecule has 0 unspecified atom stereocenters. The average molecular weight is 369 g/mol. The Morgan fingerprint density at radius 2 is 2.08 bits per heavy atom. The molecule has 1 atom stereocenters. The maximum absolute atomic E-state index is 11.6. The molecule has 1 aliphatic rings. The summed E-state index contributed by atoms with van der Waals surface area (Å²) >= 11 is 0. The van der Waals surface area contributed by atoms with Crippen molar-refractivity contribution in [3.63, 3.8) is 0 Å². The number of nitrogens with zero attached hydrogens (tertiary/aromatic N) is 2. The molecule has 1 saturated carbocycles. The molecule has 3 N–H and O–H groups in total. The number of carboxylic acid groups (broad SMARTS) is 1. The molecule has 1 amide bonds. The van der Waals surface area contributed by atoms with E-state index in [4.69, 9.17) is 19.6 Å². The first kappa shape index (κ1) is 20.3. The van der Waals surface area contributed by atoms with E-state index in [0.717, 1.165) is 18.8 Å². The molecule has 146 valence electrons. The summed E-state index contributed by atoms with van der Waals surface area (Å²) in [5.74, 6) is -0.567. The molecule has 1 aromatic heterocycles. The molecule has 2 rings (SSSR count). The predicted octanol–water partition coefficient (Wildman–Crippen LogP) is 2.40. The summed E-state index contributed by atoms with van der Waals surface area (Å²) in [7, 11) is 0. The minimum absolute atomic E-state index is 0.0543. The van der Waals surface area contributed by atoms with E-state index in [2.05, 4.69) is 10.1 Å². The van der Waals surface area contributed by atoms with Gasteiger partial charge in [0.15, 0.2) is 5.82 Å². The number of nitrogens with one attached hydrogen (secondary N) is 1. The third-order valence-corrected chi connectivity index (χ3v) is 4.74. The second-order valence-electron chi connectivity index (χ2n) is 6.81. The summed E-state index contributed by atoms with van der Waals surface area (Å²) in [6.07, 6.45) is 9.28. The van der Waals surface area contributed by atoms with E-state index >= 15 is 0 Å². The van der Waals surface area contributed by atoms with Crippen molar-refractivity contribution < 1.29 is 29.2 Å². The Labute approximate surface area is 152 Å². The van der Waals surface area contributed by atoms with Gasteiger partial charge in [-0.05, 0) is 12.3 Å². The van der Waals surface area contributed by atoms with Crippen LogP contribution in [0.15, 0.2) is 4.52 Å². The van der Waals surface area contributed by atoms with Gasteiger partial charge in [-0.15, -0.1) is 0 Å². The van der Waals surface area contributed by atoms with E-state index in [1.54, 1.807) is 5.48 Å². The molecule has 1 aromatic rings. The summed E-state index contributed by atoms with van der Waals surface area (Å²) < 4.78 is 10.2. The van der Waals surface area contributed by atoms with Crippen LogP contribution in [0.1, 0.15) is 75.4 Å². The number of carbonyl (C=O) groups excluding carboxylic acids is 1. The lowest BCUT2D eigenvalue weighted by Gasteiger charge is -2.22. The van der Waals surface area contributed by atoms with Crippen LogP contribution in [-0.2, 0) is 20.9 Å². The highest BCUT2D eigenvalue weighted by Crippen LogP contribution is 2.31. The highest BCUT2D eigenvalue weighted by molar-refractivity contribution is 5.75. The molecule has 0 saturated heterocycles. The van der Waals surface area contributed by atoms with E-state index in [9.17, 15) is 9.59 Å². The molecule has 0 aromatic carbocycles. The lowest BCUT2D eigenvalue weighted by Crippen LogP contribution is -2.21. The fraction of sp³-hybridized carbons (Fsp3) is 0.765. The lowest BCUT2D eigenvalue weighted by atomic mass is 9.84. The van der Waals surface area contributed by atoms with Crippen molar-refractivity contribution in [1.29, 1.82) is 0 Å². The standard InChI is InChI=1S/C17H27N3O6/c21-15(19-24)9-13(8-4-7-12-5-2-1-3-6-12)17-18-14(20-26-17)10-25-11-16(22)23/h12-13,24H,1-11H2,(H,19,21)(H,22,23)/t13-/m1/s1. The van der Waals surface area contributed by atoms with Crippen molar-refractivity contribution in [2.45, 2.75) is 70.3 Å². The van der Waals surface area contributed by atoms with Crippen LogP contribution in [0.4, 0.5) is 0 Å². The van der Waals surface area contributed by atoms with Crippen LogP contribution < -0.4 is 5.48 Å². The maximum atomic E-state index is 11.6. The zero-order chi connectivity index (χ0) is 18.8. The van der Waals surface area contributed by atoms with Gasteiger partial charge in [0.1, 0.15) is 13.2 Å². The Morgan fingerprint density at radius 3 is 2.77 bits per heavy atom. The van der Waals surface area contributed by atoms with Gasteiger partial charge in [-0.25, -0.2) is 10.3 Å². The van der Waals surface area contributed by atoms with E-state index in [-0.39, 0.29) is 24.8 Å². The van der Waals surface area contributed by atoms with Gasteiger partial charge in [0.2, 0.25) is 11.8 Å². The number of amides is 1. The molecule has 0 spiro atoms. The van der Waals surface area contributed by atoms with E-state index in [1.165, 1.54) is 32.1 Å². The number of aromatic nitrogens is 2. The van der Waals surface area contributed by atoms with Gasteiger partial charge in [0.25, 0.3) is 0 Å². The summed E-state index contributed by atoms with van der Waals surface area (Å²) in [6, 6.07) is 0. The van der Waals surface area contributed by atoms with Gasteiger partial charge >= 0.3 is 5.97 Å². The fourth-order valence-corrected chi connectivity index (χ4v) is 3.43. The van der Waals surface area contributed by atoms with Crippen LogP contribution in [0.2, 0.25) is 0 Å². The van der Waals surface area contributed by atoms with Crippen LogP contribution in [0.5, 0.6) is 0 Å². The number of hydroxylamine groups is 1. The Hall–Kier alpha value is -2.00. The number of rotatable bonds is 11. The minimum Gasteiger partial charge on any atom is -0.480 e. The zero-order valence-electron chi connectivity index (χ0n) is 14.9. The first-order valence-electron chi connectivity index (χ1n) is 9.13. The van der Waals surface area contributed by atoms with Crippen molar-refractivity contribution in [1.82, 2.24) is 15.6 Å². The largest absolute Gasteiger partial charge is 0.480 e. The quantitative estimate of drug-likeness (QED) is 0.400. The van der Waals surface area contributed by atoms with Crippen molar-refractivity contribution in [3.05, 3.63) is 11.7 Å². The van der Waals surface area contributed by atoms with Crippen molar-refractivity contribution >= 4 is 11.9 Å². The number of carboxylic acids is 1. The van der Waals surface area contributed by atoms with Gasteiger partial charge in [-0.3, -0.25) is 10.0 Å². The van der Waals surface area contributed by atoms with Crippen molar-refractivity contribution in [3.8, 4) is 0 Å². The summed E-state index contributed by atoms with van der Waals surface area (Å²) in [4.78, 5) is 26.2. The van der Waals surface area contributed by atoms with Crippen LogP contribution in [0.3, 0.4) is 0 Å². The van der Waals surface area contributed by atoms with Gasteiger partial charge in [0, 0.05) is 12.3 Å². The molecule has 26 heavy (non-hydrogen) atoms. The Balaban J connectivity index is 1.87. The first-order valence-corrected chi connectivity index (χ1v) is 9.13. The third-order valence-electron chi connectivity index (χ3n) is 4.74. The second kappa shape index (κ2) is 10.9. The van der Waals surface area contributed by atoms with Gasteiger partial charge in [-0.2, -0.15) is 4.98 Å². The van der Waals surface area contributed by atoms with E-state index in [0.29, 0.717) is 12.3 Å². The second-order valence-corrected chi connectivity index (χ2v) is 6.81. The topological polar surface area (TPSA) is 135 Å². The maximum Gasteiger partial charge on any atom is 0.329 e. The normalized spacial score (nSPS) is 16.3. The molecule has 1 fully saturated rings. The SMILES string of the molecule is O=C(O)COCc1noc([C@H](CCCC2CCCCC2)CC(=O)NO)n1. The number of hydrogen-bond acceptors (Lipinski definition) is 7. The monoisotopic (exact) mass is 369 g/mol. The van der Waals surface area contributed by atoms with Crippen LogP contribution in [-0.4, -0.2) is 38.9 Å². The number of hydrogen-bond donors (Lipinski definition) is 3. The third kappa shape index (κ3) is 7.09. The molecule has 0 radical (unpaired) electrons. The van der Waals surface area contributed by atoms with E-state index in [1.807, 2.05) is 0 Å². The average Bonchev–Trinajstić information content (AvgIpc) is 3.10. The van der Waals surface area contributed by atoms with Crippen molar-refractivity contribution in [2.24, 2.45) is 5.92 Å². The minimum atomic E-state index is -1.08. The van der Waals surface area contributed by atoms with Crippen molar-refractivity contribution in [2.75, 3.05) is 6.61 Å². The predicted molar refractivity (Wildman–Crippen MR) is 89.3 cm³/mol. The van der Waals surface area contributed by atoms with Gasteiger partial charge < -0.3 is 14.4 Å². The Bertz CT molecular complexity index is 571. The van der Waals surface area contributed by atoms with Crippen LogP contribution in [0.25, 0.3) is 0 Å². The fourth-order valence-electron chi connectivity index (χ4n) is 3.43. The molecule has 9 nitrogen and oxygen atoms in total. The van der Waals surface area contributed by atoms with Gasteiger partial charge in [0.05, 0.1) is 0 Å². The highest BCUT2D eigenvalue weighted by Gasteiger charge is 2.23. The lowest BCUT2D eigenvalue weighted by molar-refractivity contribution is -0.142. The molecule has 1 aliphatic carbocycles. The first-order chi connectivity index (χ1) is 12.6. The Morgan fingerprint density at radius 1 is 1.31 bits per heavy atom. The molecule has 0 bridgehead atoms. The highest BCUT2D eigenvalue weighted by atomic mass is 16.5. The number of aliphatic carboxylic acids is 1. The molecule has 9 heteroatoms. The molecular weight excluding hydrogens is 342 g/mol. The number of ether oxygens (including phenoxy) is 1. The van der Waals surface area contributed by atoms with Gasteiger partial charge in [-0.1, -0.05) is 50.1 Å². The molecule has 1 heterocycles. The zero-order valence-corrected chi connectivity index (χ0v) is 14.9. The summed E-state index contributed by atoms with van der Waals surface area (Å²) in [5, 5.41) is 21.1. The molecular formula is C17H27N3O6. The van der Waals surface area contributed by atoms with Crippen LogP contribution >= 0.6 is 0 Å². The summed E-state index contributed by atoms with van der Waals surface area (Å²) in [5.41, 5.74) is 1.64. The smallest absolute Gasteiger partial charge is 0.329 e. The summed E-state index contributed by atoms with van der Waals surface area (Å²) in [6.45, 7) is -0.515. The van der Waals surface area contributed by atoms with E-state index < -0.39 is 18.5 Å². The molecule has 0 aliphatic heterocycles.